The van der Waals surface area contributed by atoms with Gasteiger partial charge in [-0.15, -0.1) is 0 Å². The summed E-state index contributed by atoms with van der Waals surface area (Å²) in [6.45, 7) is 3.63. The summed E-state index contributed by atoms with van der Waals surface area (Å²) < 4.78 is 14.8. The van der Waals surface area contributed by atoms with E-state index in [2.05, 4.69) is 16.0 Å². The molecule has 2 amide bonds. The van der Waals surface area contributed by atoms with Crippen molar-refractivity contribution in [3.8, 4) is 5.69 Å². The normalized spacial score (nSPS) is 10.6. The molecule has 6 nitrogen and oxygen atoms in total. The molecule has 0 saturated carbocycles. The lowest BCUT2D eigenvalue weighted by Crippen LogP contribution is -2.42. The van der Waals surface area contributed by atoms with E-state index in [0.29, 0.717) is 22.0 Å². The quantitative estimate of drug-likeness (QED) is 0.660. The van der Waals surface area contributed by atoms with E-state index in [-0.39, 0.29) is 18.1 Å². The van der Waals surface area contributed by atoms with Crippen LogP contribution < -0.4 is 10.9 Å². The van der Waals surface area contributed by atoms with Crippen molar-refractivity contribution in [2.75, 3.05) is 0 Å². The van der Waals surface area contributed by atoms with Crippen LogP contribution in [0.5, 0.6) is 0 Å². The molecule has 0 unspecified atom stereocenters. The van der Waals surface area contributed by atoms with Crippen LogP contribution in [0.3, 0.4) is 0 Å². The van der Waals surface area contributed by atoms with Crippen molar-refractivity contribution in [2.45, 2.75) is 20.3 Å². The first-order valence-electron chi connectivity index (χ1n) is 8.51. The van der Waals surface area contributed by atoms with Gasteiger partial charge in [-0.05, 0) is 62.4 Å². The molecular weight excluding hydrogens is 383 g/mol. The highest BCUT2D eigenvalue weighted by molar-refractivity contribution is 6.30. The molecular formula is C20H18ClFN4O2. The number of hydrogen-bond acceptors (Lipinski definition) is 3. The lowest BCUT2D eigenvalue weighted by molar-refractivity contribution is -0.121. The van der Waals surface area contributed by atoms with Crippen molar-refractivity contribution in [3.05, 3.63) is 81.9 Å². The Hall–Kier alpha value is -3.19. The summed E-state index contributed by atoms with van der Waals surface area (Å²) in [6, 6.07) is 12.2. The SMILES string of the molecule is Cc1nn(-c2ccc(F)cc2)c(C)c1CC(=O)NNC(=O)c1ccc(Cl)cc1. The van der Waals surface area contributed by atoms with Crippen molar-refractivity contribution < 1.29 is 14.0 Å². The van der Waals surface area contributed by atoms with E-state index in [1.807, 2.05) is 6.92 Å². The molecule has 0 aliphatic heterocycles. The van der Waals surface area contributed by atoms with E-state index in [1.54, 1.807) is 48.0 Å². The highest BCUT2D eigenvalue weighted by Gasteiger charge is 2.16. The molecule has 144 valence electrons. The summed E-state index contributed by atoms with van der Waals surface area (Å²) in [6.07, 6.45) is 0.0414. The van der Waals surface area contributed by atoms with Crippen LogP contribution in [0, 0.1) is 19.7 Å². The van der Waals surface area contributed by atoms with Gasteiger partial charge in [-0.2, -0.15) is 5.10 Å². The maximum absolute atomic E-state index is 13.1. The Morgan fingerprint density at radius 1 is 1.04 bits per heavy atom. The van der Waals surface area contributed by atoms with Crippen LogP contribution in [-0.2, 0) is 11.2 Å². The number of aromatic nitrogens is 2. The predicted octanol–water partition coefficient (Wildman–Crippen LogP) is 3.29. The van der Waals surface area contributed by atoms with E-state index in [4.69, 9.17) is 11.6 Å². The number of nitrogens with one attached hydrogen (secondary N) is 2. The van der Waals surface area contributed by atoms with Crippen molar-refractivity contribution >= 4 is 23.4 Å². The minimum absolute atomic E-state index is 0.0414. The minimum Gasteiger partial charge on any atom is -0.273 e. The lowest BCUT2D eigenvalue weighted by atomic mass is 10.1. The average molecular weight is 401 g/mol. The van der Waals surface area contributed by atoms with E-state index < -0.39 is 5.91 Å². The highest BCUT2D eigenvalue weighted by atomic mass is 35.5. The Kier molecular flexibility index (Phi) is 5.75. The number of carbonyl (C=O) groups is 2. The van der Waals surface area contributed by atoms with Gasteiger partial charge in [-0.3, -0.25) is 20.4 Å². The third-order valence-electron chi connectivity index (χ3n) is 4.27. The standard InChI is InChI=1S/C20H18ClFN4O2/c1-12-18(13(2)26(25-12)17-9-7-16(22)8-10-17)11-19(27)23-24-20(28)14-3-5-15(21)6-4-14/h3-10H,11H2,1-2H3,(H,23,27)(H,24,28). The van der Waals surface area contributed by atoms with Crippen molar-refractivity contribution in [3.63, 3.8) is 0 Å². The number of benzene rings is 2. The molecule has 0 aliphatic rings. The van der Waals surface area contributed by atoms with Gasteiger partial charge in [-0.25, -0.2) is 9.07 Å². The molecule has 0 bridgehead atoms. The molecule has 0 radical (unpaired) electrons. The highest BCUT2D eigenvalue weighted by Crippen LogP contribution is 2.18. The van der Waals surface area contributed by atoms with E-state index in [1.165, 1.54) is 12.1 Å². The van der Waals surface area contributed by atoms with Crippen LogP contribution in [0.4, 0.5) is 4.39 Å². The fraction of sp³-hybridized carbons (Fsp3) is 0.150. The van der Waals surface area contributed by atoms with Crippen LogP contribution in [0.25, 0.3) is 5.69 Å². The van der Waals surface area contributed by atoms with Crippen LogP contribution in [0.1, 0.15) is 27.3 Å². The number of hydrogen-bond donors (Lipinski definition) is 2. The zero-order valence-corrected chi connectivity index (χ0v) is 16.0. The Labute approximate surface area is 166 Å². The molecule has 1 heterocycles. The van der Waals surface area contributed by atoms with E-state index in [0.717, 1.165) is 11.3 Å². The number of halogens is 2. The monoisotopic (exact) mass is 400 g/mol. The molecule has 28 heavy (non-hydrogen) atoms. The number of hydrazine groups is 1. The van der Waals surface area contributed by atoms with Crippen molar-refractivity contribution in [1.29, 1.82) is 0 Å². The van der Waals surface area contributed by atoms with E-state index >= 15 is 0 Å². The van der Waals surface area contributed by atoms with Gasteiger partial charge < -0.3 is 0 Å². The Morgan fingerprint density at radius 3 is 2.32 bits per heavy atom. The first-order chi connectivity index (χ1) is 13.3. The summed E-state index contributed by atoms with van der Waals surface area (Å²) >= 11 is 5.79. The number of nitrogens with zero attached hydrogens (tertiary/aromatic N) is 2. The molecule has 8 heteroatoms. The number of aryl methyl sites for hydroxylation is 1. The lowest BCUT2D eigenvalue weighted by Gasteiger charge is -2.08. The summed E-state index contributed by atoms with van der Waals surface area (Å²) in [5.41, 5.74) is 8.03. The van der Waals surface area contributed by atoms with Crippen LogP contribution in [-0.4, -0.2) is 21.6 Å². The van der Waals surface area contributed by atoms with Crippen LogP contribution in [0.2, 0.25) is 5.02 Å². The van der Waals surface area contributed by atoms with Gasteiger partial charge in [-0.1, -0.05) is 11.6 Å². The molecule has 0 atom stereocenters. The average Bonchev–Trinajstić information content (AvgIpc) is 2.95. The third kappa shape index (κ3) is 4.37. The van der Waals surface area contributed by atoms with Gasteiger partial charge in [0.1, 0.15) is 5.82 Å². The zero-order chi connectivity index (χ0) is 20.3. The van der Waals surface area contributed by atoms with Gasteiger partial charge in [0.2, 0.25) is 5.91 Å². The fourth-order valence-corrected chi connectivity index (χ4v) is 2.90. The smallest absolute Gasteiger partial charge is 0.269 e. The topological polar surface area (TPSA) is 76.0 Å². The molecule has 0 fully saturated rings. The van der Waals surface area contributed by atoms with Gasteiger partial charge in [0.25, 0.3) is 5.91 Å². The summed E-state index contributed by atoms with van der Waals surface area (Å²) in [5, 5.41) is 4.95. The first kappa shape index (κ1) is 19.6. The van der Waals surface area contributed by atoms with Crippen molar-refractivity contribution in [1.82, 2.24) is 20.6 Å². The zero-order valence-electron chi connectivity index (χ0n) is 15.3. The fourth-order valence-electron chi connectivity index (χ4n) is 2.77. The molecule has 2 aromatic carbocycles. The molecule has 0 aliphatic carbocycles. The Balaban J connectivity index is 1.66. The molecule has 2 N–H and O–H groups in total. The second kappa shape index (κ2) is 8.22. The second-order valence-corrected chi connectivity index (χ2v) is 6.66. The van der Waals surface area contributed by atoms with Gasteiger partial charge in [0.15, 0.2) is 0 Å². The summed E-state index contributed by atoms with van der Waals surface area (Å²) in [7, 11) is 0. The number of rotatable bonds is 4. The Morgan fingerprint density at radius 2 is 1.68 bits per heavy atom. The molecule has 0 saturated heterocycles. The number of amides is 2. The van der Waals surface area contributed by atoms with Crippen LogP contribution >= 0.6 is 11.6 Å². The second-order valence-electron chi connectivity index (χ2n) is 6.22. The minimum atomic E-state index is -0.444. The first-order valence-corrected chi connectivity index (χ1v) is 8.88. The summed E-state index contributed by atoms with van der Waals surface area (Å²) in [4.78, 5) is 24.3. The van der Waals surface area contributed by atoms with Gasteiger partial charge >= 0.3 is 0 Å². The molecule has 0 spiro atoms. The largest absolute Gasteiger partial charge is 0.273 e. The third-order valence-corrected chi connectivity index (χ3v) is 4.52. The van der Waals surface area contributed by atoms with Crippen molar-refractivity contribution in [2.24, 2.45) is 0 Å². The molecule has 3 rings (SSSR count). The maximum atomic E-state index is 13.1. The maximum Gasteiger partial charge on any atom is 0.269 e. The number of carbonyl (C=O) groups excluding carboxylic acids is 2. The molecule has 3 aromatic rings. The van der Waals surface area contributed by atoms with Crippen LogP contribution in [0.15, 0.2) is 48.5 Å². The predicted molar refractivity (Wildman–Crippen MR) is 104 cm³/mol. The van der Waals surface area contributed by atoms with E-state index in [9.17, 15) is 14.0 Å². The molecule has 1 aromatic heterocycles. The Bertz CT molecular complexity index is 1010. The van der Waals surface area contributed by atoms with Gasteiger partial charge in [0.05, 0.1) is 17.8 Å². The summed E-state index contributed by atoms with van der Waals surface area (Å²) in [5.74, 6) is -1.16. The van der Waals surface area contributed by atoms with Gasteiger partial charge in [0, 0.05) is 21.8 Å².